The molecule has 36 heavy (non-hydrogen) atoms. The summed E-state index contributed by atoms with van der Waals surface area (Å²) in [5, 5.41) is 2.78. The van der Waals surface area contributed by atoms with Gasteiger partial charge in [0.2, 0.25) is 5.91 Å². The number of piperidine rings is 1. The SMILES string of the molecule is CCC(=O)N1CC[C@H](NC(=O)c2c(C)[nH]c3c(-c4cc(F)ccc4OCC4CC4)ncnc23)[C@@H](F)C1. The van der Waals surface area contributed by atoms with Crippen LogP contribution in [0.15, 0.2) is 24.5 Å². The van der Waals surface area contributed by atoms with Crippen LogP contribution < -0.4 is 10.1 Å². The second-order valence-corrected chi connectivity index (χ2v) is 9.54. The Morgan fingerprint density at radius 1 is 1.25 bits per heavy atom. The number of likely N-dealkylation sites (tertiary alicyclic amines) is 1. The van der Waals surface area contributed by atoms with Crippen molar-refractivity contribution < 1.29 is 23.1 Å². The van der Waals surface area contributed by atoms with E-state index in [0.717, 1.165) is 12.8 Å². The summed E-state index contributed by atoms with van der Waals surface area (Å²) in [7, 11) is 0. The standard InChI is InChI=1S/C26H29F2N5O3/c1-3-21(34)33-9-8-19(18(28)11-33)32-26(35)22-14(2)31-25-23(29-13-30-24(22)25)17-10-16(27)6-7-20(17)36-12-15-4-5-15/h6-7,10,13,15,18-19,31H,3-5,8-9,11-12H2,1-2H3,(H,32,35)/t18-,19-/m0/s1. The van der Waals surface area contributed by atoms with Crippen molar-refractivity contribution >= 4 is 22.8 Å². The van der Waals surface area contributed by atoms with E-state index in [4.69, 9.17) is 4.74 Å². The Balaban J connectivity index is 1.42. The predicted octanol–water partition coefficient (Wildman–Crippen LogP) is 3.94. The highest BCUT2D eigenvalue weighted by Crippen LogP contribution is 2.36. The van der Waals surface area contributed by atoms with Crippen molar-refractivity contribution in [3.63, 3.8) is 0 Å². The largest absolute Gasteiger partial charge is 0.493 e. The average Bonchev–Trinajstić information content (AvgIpc) is 3.63. The number of ether oxygens (including phenoxy) is 1. The van der Waals surface area contributed by atoms with E-state index < -0.39 is 23.9 Å². The van der Waals surface area contributed by atoms with E-state index in [2.05, 4.69) is 20.3 Å². The molecule has 2 fully saturated rings. The zero-order chi connectivity index (χ0) is 25.4. The van der Waals surface area contributed by atoms with E-state index >= 15 is 0 Å². The number of hydrogen-bond donors (Lipinski definition) is 2. The van der Waals surface area contributed by atoms with Crippen molar-refractivity contribution in [2.75, 3.05) is 19.7 Å². The van der Waals surface area contributed by atoms with Crippen molar-refractivity contribution in [3.05, 3.63) is 41.6 Å². The Morgan fingerprint density at radius 3 is 2.78 bits per heavy atom. The van der Waals surface area contributed by atoms with Crippen LogP contribution in [0, 0.1) is 18.7 Å². The molecule has 0 unspecified atom stereocenters. The summed E-state index contributed by atoms with van der Waals surface area (Å²) in [6.45, 7) is 4.37. The minimum atomic E-state index is -1.37. The first-order valence-corrected chi connectivity index (χ1v) is 12.3. The van der Waals surface area contributed by atoms with Crippen LogP contribution in [0.4, 0.5) is 8.78 Å². The smallest absolute Gasteiger partial charge is 0.255 e. The van der Waals surface area contributed by atoms with E-state index in [-0.39, 0.29) is 18.0 Å². The Kier molecular flexibility index (Phi) is 6.59. The monoisotopic (exact) mass is 497 g/mol. The van der Waals surface area contributed by atoms with Crippen molar-refractivity contribution in [1.29, 1.82) is 0 Å². The normalized spacial score (nSPS) is 19.9. The first-order valence-electron chi connectivity index (χ1n) is 12.3. The van der Waals surface area contributed by atoms with Gasteiger partial charge in [0.15, 0.2) is 0 Å². The van der Waals surface area contributed by atoms with E-state index in [1.807, 2.05) is 0 Å². The predicted molar refractivity (Wildman–Crippen MR) is 130 cm³/mol. The van der Waals surface area contributed by atoms with Crippen molar-refractivity contribution in [2.45, 2.75) is 51.7 Å². The molecule has 0 radical (unpaired) electrons. The number of carbonyl (C=O) groups is 2. The molecule has 5 rings (SSSR count). The number of aryl methyl sites for hydroxylation is 1. The molecular formula is C26H29F2N5O3. The highest BCUT2D eigenvalue weighted by molar-refractivity contribution is 6.09. The lowest BCUT2D eigenvalue weighted by atomic mass is 10.0. The fourth-order valence-electron chi connectivity index (χ4n) is 4.67. The number of fused-ring (bicyclic) bond motifs is 1. The van der Waals surface area contributed by atoms with Gasteiger partial charge in [-0.15, -0.1) is 0 Å². The molecular weight excluding hydrogens is 468 g/mol. The number of nitrogens with zero attached hydrogens (tertiary/aromatic N) is 3. The van der Waals surface area contributed by atoms with Crippen LogP contribution in [0.2, 0.25) is 0 Å². The molecule has 1 aliphatic carbocycles. The van der Waals surface area contributed by atoms with Crippen LogP contribution in [0.5, 0.6) is 5.75 Å². The first kappa shape index (κ1) is 24.1. The van der Waals surface area contributed by atoms with Gasteiger partial charge in [0.25, 0.3) is 5.91 Å². The number of H-pyrrole nitrogens is 1. The van der Waals surface area contributed by atoms with Crippen LogP contribution in [0.3, 0.4) is 0 Å². The molecule has 3 heterocycles. The van der Waals surface area contributed by atoms with Gasteiger partial charge in [-0.25, -0.2) is 18.7 Å². The van der Waals surface area contributed by atoms with Gasteiger partial charge in [-0.3, -0.25) is 9.59 Å². The maximum atomic E-state index is 14.8. The summed E-state index contributed by atoms with van der Waals surface area (Å²) in [5.74, 6) is 0.0317. The molecule has 0 spiro atoms. The topological polar surface area (TPSA) is 100 Å². The van der Waals surface area contributed by atoms with Crippen molar-refractivity contribution in [1.82, 2.24) is 25.2 Å². The summed E-state index contributed by atoms with van der Waals surface area (Å²) >= 11 is 0. The molecule has 2 N–H and O–H groups in total. The van der Waals surface area contributed by atoms with Crippen LogP contribution in [0.25, 0.3) is 22.3 Å². The molecule has 1 aliphatic heterocycles. The molecule has 3 aromatic rings. The van der Waals surface area contributed by atoms with Gasteiger partial charge in [-0.2, -0.15) is 0 Å². The molecule has 2 atom stereocenters. The molecule has 2 aliphatic rings. The number of alkyl halides is 1. The van der Waals surface area contributed by atoms with Gasteiger partial charge >= 0.3 is 0 Å². The Hall–Kier alpha value is -3.56. The van der Waals surface area contributed by atoms with Crippen LogP contribution in [-0.4, -0.2) is 63.6 Å². The average molecular weight is 498 g/mol. The van der Waals surface area contributed by atoms with Gasteiger partial charge in [-0.05, 0) is 50.3 Å². The number of halogens is 2. The molecule has 2 amide bonds. The number of aromatic nitrogens is 3. The highest BCUT2D eigenvalue weighted by Gasteiger charge is 2.33. The lowest BCUT2D eigenvalue weighted by Gasteiger charge is -2.35. The third-order valence-electron chi connectivity index (χ3n) is 6.88. The number of amides is 2. The molecule has 1 aromatic carbocycles. The van der Waals surface area contributed by atoms with Gasteiger partial charge in [0, 0.05) is 24.2 Å². The van der Waals surface area contributed by atoms with E-state index in [1.54, 1.807) is 19.9 Å². The lowest BCUT2D eigenvalue weighted by molar-refractivity contribution is -0.133. The Labute approximate surface area is 207 Å². The molecule has 1 saturated carbocycles. The fourth-order valence-corrected chi connectivity index (χ4v) is 4.67. The third-order valence-corrected chi connectivity index (χ3v) is 6.88. The van der Waals surface area contributed by atoms with Gasteiger partial charge in [0.1, 0.15) is 35.3 Å². The maximum absolute atomic E-state index is 14.8. The Morgan fingerprint density at radius 2 is 2.06 bits per heavy atom. The summed E-state index contributed by atoms with van der Waals surface area (Å²) in [5.41, 5.74) is 2.54. The zero-order valence-corrected chi connectivity index (χ0v) is 20.3. The highest BCUT2D eigenvalue weighted by atomic mass is 19.1. The molecule has 1 saturated heterocycles. The Bertz CT molecular complexity index is 1310. The molecule has 10 heteroatoms. The minimum absolute atomic E-state index is 0.0417. The van der Waals surface area contributed by atoms with Gasteiger partial charge in [-0.1, -0.05) is 6.92 Å². The van der Waals surface area contributed by atoms with E-state index in [1.165, 1.54) is 23.4 Å². The summed E-state index contributed by atoms with van der Waals surface area (Å²) in [6, 6.07) is 3.57. The number of rotatable bonds is 7. The van der Waals surface area contributed by atoms with E-state index in [9.17, 15) is 18.4 Å². The molecule has 8 nitrogen and oxygen atoms in total. The maximum Gasteiger partial charge on any atom is 0.255 e. The number of carbonyl (C=O) groups excluding carboxylic acids is 2. The quantitative estimate of drug-likeness (QED) is 0.515. The lowest BCUT2D eigenvalue weighted by Crippen LogP contribution is -2.53. The first-order chi connectivity index (χ1) is 17.4. The number of benzene rings is 1. The number of hydrogen-bond acceptors (Lipinski definition) is 5. The zero-order valence-electron chi connectivity index (χ0n) is 20.3. The summed E-state index contributed by atoms with van der Waals surface area (Å²) in [4.78, 5) is 38.5. The van der Waals surface area contributed by atoms with Crippen LogP contribution in [-0.2, 0) is 4.79 Å². The second kappa shape index (κ2) is 9.83. The number of aromatic amines is 1. The minimum Gasteiger partial charge on any atom is -0.493 e. The van der Waals surface area contributed by atoms with Crippen molar-refractivity contribution in [3.8, 4) is 17.0 Å². The number of nitrogens with one attached hydrogen (secondary N) is 2. The van der Waals surface area contributed by atoms with E-state index in [0.29, 0.717) is 65.6 Å². The molecule has 0 bridgehead atoms. The van der Waals surface area contributed by atoms with Gasteiger partial charge in [0.05, 0.1) is 30.3 Å². The van der Waals surface area contributed by atoms with Crippen molar-refractivity contribution in [2.24, 2.45) is 5.92 Å². The molecule has 2 aromatic heterocycles. The molecule has 190 valence electrons. The van der Waals surface area contributed by atoms with Gasteiger partial charge < -0.3 is 19.9 Å². The third kappa shape index (κ3) is 4.76. The summed E-state index contributed by atoms with van der Waals surface area (Å²) in [6.07, 6.45) is 2.84. The summed E-state index contributed by atoms with van der Waals surface area (Å²) < 4.78 is 35.0. The second-order valence-electron chi connectivity index (χ2n) is 9.54. The fraction of sp³-hybridized carbons (Fsp3) is 0.462. The van der Waals surface area contributed by atoms with Crippen LogP contribution in [0.1, 0.15) is 48.7 Å². The van der Waals surface area contributed by atoms with Crippen LogP contribution >= 0.6 is 0 Å².